The van der Waals surface area contributed by atoms with Crippen LogP contribution in [0.3, 0.4) is 0 Å². The molecule has 2 aromatic rings. The van der Waals surface area contributed by atoms with Gasteiger partial charge in [0.25, 0.3) is 15.2 Å². The minimum Gasteiger partial charge on any atom is -0.299 e. The molecule has 0 bridgehead atoms. The van der Waals surface area contributed by atoms with Crippen LogP contribution in [0, 0.1) is 6.92 Å². The minimum absolute atomic E-state index is 0.241. The molecular formula is C8H9BrN4O2S2. The summed E-state index contributed by atoms with van der Waals surface area (Å²) in [5.41, 5.74) is 1.06. The number of sulfonamides is 1. The highest BCUT2D eigenvalue weighted by molar-refractivity contribution is 9.11. The molecule has 0 aliphatic heterocycles. The van der Waals surface area contributed by atoms with Crippen LogP contribution < -0.4 is 5.14 Å². The average Bonchev–Trinajstić information content (AvgIpc) is 2.70. The number of aryl methyl sites for hydroxylation is 1. The van der Waals surface area contributed by atoms with Crippen LogP contribution in [-0.2, 0) is 17.1 Å². The maximum Gasteiger partial charge on any atom is 0.273 e. The van der Waals surface area contributed by atoms with Gasteiger partial charge in [-0.15, -0.1) is 21.5 Å². The largest absolute Gasteiger partial charge is 0.299 e. The Kier molecular flexibility index (Phi) is 3.10. The number of aromatic nitrogens is 3. The van der Waals surface area contributed by atoms with E-state index in [9.17, 15) is 8.42 Å². The number of nitrogens with zero attached hydrogens (tertiary/aromatic N) is 3. The fourth-order valence-corrected chi connectivity index (χ4v) is 3.53. The number of nitrogens with two attached hydrogens (primary N) is 1. The Labute approximate surface area is 111 Å². The van der Waals surface area contributed by atoms with Crippen LogP contribution in [0.15, 0.2) is 15.0 Å². The molecule has 2 aromatic heterocycles. The van der Waals surface area contributed by atoms with Crippen LogP contribution in [-0.4, -0.2) is 23.2 Å². The topological polar surface area (TPSA) is 90.9 Å². The van der Waals surface area contributed by atoms with Crippen molar-refractivity contribution in [3.05, 3.63) is 15.4 Å². The van der Waals surface area contributed by atoms with Crippen LogP contribution in [0.2, 0.25) is 0 Å². The molecule has 0 saturated heterocycles. The van der Waals surface area contributed by atoms with Crippen molar-refractivity contribution < 1.29 is 8.42 Å². The number of hydrogen-bond acceptors (Lipinski definition) is 5. The fourth-order valence-electron chi connectivity index (χ4n) is 1.35. The molecule has 2 N–H and O–H groups in total. The standard InChI is InChI=1S/C8H9BrN4O2S2/c1-4-3-5(16-6(4)9)7-11-12-8(13(7)2)17(10,14)15/h3H,1-2H3,(H2,10,14,15). The van der Waals surface area contributed by atoms with E-state index in [0.29, 0.717) is 5.82 Å². The van der Waals surface area contributed by atoms with Gasteiger partial charge in [-0.25, -0.2) is 13.6 Å². The van der Waals surface area contributed by atoms with E-state index in [0.717, 1.165) is 14.2 Å². The van der Waals surface area contributed by atoms with Crippen molar-refractivity contribution in [2.75, 3.05) is 0 Å². The molecule has 0 spiro atoms. The zero-order valence-corrected chi connectivity index (χ0v) is 12.2. The van der Waals surface area contributed by atoms with Gasteiger partial charge in [-0.2, -0.15) is 0 Å². The second kappa shape index (κ2) is 4.16. The molecule has 0 atom stereocenters. The van der Waals surface area contributed by atoms with Gasteiger partial charge in [0.15, 0.2) is 5.82 Å². The van der Waals surface area contributed by atoms with E-state index in [2.05, 4.69) is 26.1 Å². The molecule has 92 valence electrons. The molecule has 0 radical (unpaired) electrons. The van der Waals surface area contributed by atoms with Crippen molar-refractivity contribution >= 4 is 37.3 Å². The van der Waals surface area contributed by atoms with Gasteiger partial charge in [0.05, 0.1) is 8.66 Å². The van der Waals surface area contributed by atoms with Gasteiger partial charge >= 0.3 is 0 Å². The summed E-state index contributed by atoms with van der Waals surface area (Å²) in [6, 6.07) is 1.91. The Morgan fingerprint density at radius 1 is 1.47 bits per heavy atom. The van der Waals surface area contributed by atoms with E-state index in [1.54, 1.807) is 7.05 Å². The van der Waals surface area contributed by atoms with Gasteiger partial charge in [0, 0.05) is 7.05 Å². The lowest BCUT2D eigenvalue weighted by Crippen LogP contribution is -2.17. The summed E-state index contributed by atoms with van der Waals surface area (Å²) in [7, 11) is -2.27. The molecule has 0 amide bonds. The highest BCUT2D eigenvalue weighted by Gasteiger charge is 2.20. The second-order valence-corrected chi connectivity index (χ2v) is 7.30. The number of rotatable bonds is 2. The molecular weight excluding hydrogens is 328 g/mol. The summed E-state index contributed by atoms with van der Waals surface area (Å²) in [4.78, 5) is 0.833. The van der Waals surface area contributed by atoms with Gasteiger partial charge in [-0.3, -0.25) is 4.57 Å². The molecule has 6 nitrogen and oxygen atoms in total. The normalized spacial score (nSPS) is 12.0. The average molecular weight is 337 g/mol. The van der Waals surface area contributed by atoms with Crippen LogP contribution >= 0.6 is 27.3 Å². The van der Waals surface area contributed by atoms with E-state index in [-0.39, 0.29) is 5.16 Å². The Morgan fingerprint density at radius 2 is 2.12 bits per heavy atom. The van der Waals surface area contributed by atoms with E-state index >= 15 is 0 Å². The Balaban J connectivity index is 2.59. The number of hydrogen-bond donors (Lipinski definition) is 1. The van der Waals surface area contributed by atoms with Crippen LogP contribution in [0.4, 0.5) is 0 Å². The van der Waals surface area contributed by atoms with Crippen LogP contribution in [0.25, 0.3) is 10.7 Å². The number of thiophene rings is 1. The van der Waals surface area contributed by atoms with Gasteiger partial charge < -0.3 is 0 Å². The van der Waals surface area contributed by atoms with Crippen molar-refractivity contribution in [1.82, 2.24) is 14.8 Å². The minimum atomic E-state index is -3.84. The SMILES string of the molecule is Cc1cc(-c2nnc(S(N)(=O)=O)n2C)sc1Br. The van der Waals surface area contributed by atoms with Crippen molar-refractivity contribution in [2.45, 2.75) is 12.1 Å². The van der Waals surface area contributed by atoms with Crippen LogP contribution in [0.5, 0.6) is 0 Å². The first kappa shape index (κ1) is 12.7. The molecule has 0 saturated carbocycles. The summed E-state index contributed by atoms with van der Waals surface area (Å²) >= 11 is 4.87. The molecule has 9 heteroatoms. The smallest absolute Gasteiger partial charge is 0.273 e. The van der Waals surface area contributed by atoms with Gasteiger partial charge in [-0.1, -0.05) is 0 Å². The zero-order chi connectivity index (χ0) is 12.8. The fraction of sp³-hybridized carbons (Fsp3) is 0.250. The lowest BCUT2D eigenvalue weighted by molar-refractivity contribution is 0.580. The quantitative estimate of drug-likeness (QED) is 0.893. The molecule has 2 heterocycles. The van der Waals surface area contributed by atoms with E-state index in [1.165, 1.54) is 15.9 Å². The Bertz CT molecular complexity index is 654. The first-order chi connectivity index (χ1) is 7.80. The lowest BCUT2D eigenvalue weighted by atomic mass is 10.3. The molecule has 0 aliphatic carbocycles. The predicted molar refractivity (Wildman–Crippen MR) is 68.1 cm³/mol. The number of primary sulfonamides is 1. The zero-order valence-electron chi connectivity index (χ0n) is 9.01. The van der Waals surface area contributed by atoms with Crippen molar-refractivity contribution in [1.29, 1.82) is 0 Å². The summed E-state index contributed by atoms with van der Waals surface area (Å²) < 4.78 is 24.8. The maximum atomic E-state index is 11.2. The Morgan fingerprint density at radius 3 is 2.53 bits per heavy atom. The van der Waals surface area contributed by atoms with Crippen molar-refractivity contribution in [3.8, 4) is 10.7 Å². The van der Waals surface area contributed by atoms with E-state index < -0.39 is 10.0 Å². The van der Waals surface area contributed by atoms with Crippen molar-refractivity contribution in [3.63, 3.8) is 0 Å². The Hall–Kier alpha value is -0.770. The third-order valence-corrected chi connectivity index (χ3v) is 5.16. The molecule has 2 rings (SSSR count). The van der Waals surface area contributed by atoms with Gasteiger partial charge in [0.2, 0.25) is 0 Å². The monoisotopic (exact) mass is 336 g/mol. The molecule has 0 aliphatic rings. The lowest BCUT2D eigenvalue weighted by Gasteiger charge is -1.99. The third-order valence-electron chi connectivity index (χ3n) is 2.17. The highest BCUT2D eigenvalue weighted by atomic mass is 79.9. The summed E-state index contributed by atoms with van der Waals surface area (Å²) in [5.74, 6) is 0.479. The maximum absolute atomic E-state index is 11.2. The summed E-state index contributed by atoms with van der Waals surface area (Å²) in [6.07, 6.45) is 0. The van der Waals surface area contributed by atoms with Gasteiger partial charge in [0.1, 0.15) is 0 Å². The first-order valence-corrected chi connectivity index (χ1v) is 7.65. The number of halogens is 1. The van der Waals surface area contributed by atoms with Crippen LogP contribution in [0.1, 0.15) is 5.56 Å². The predicted octanol–water partition coefficient (Wildman–Crippen LogP) is 1.26. The molecule has 0 unspecified atom stereocenters. The van der Waals surface area contributed by atoms with Crippen molar-refractivity contribution in [2.24, 2.45) is 12.2 Å². The highest BCUT2D eigenvalue weighted by Crippen LogP contribution is 2.33. The van der Waals surface area contributed by atoms with E-state index in [1.807, 2.05) is 13.0 Å². The molecule has 0 aromatic carbocycles. The second-order valence-electron chi connectivity index (χ2n) is 3.48. The summed E-state index contributed by atoms with van der Waals surface area (Å²) in [6.45, 7) is 1.95. The van der Waals surface area contributed by atoms with Gasteiger partial charge in [-0.05, 0) is 34.5 Å². The molecule has 0 fully saturated rings. The van der Waals surface area contributed by atoms with E-state index in [4.69, 9.17) is 5.14 Å². The molecule has 17 heavy (non-hydrogen) atoms. The third kappa shape index (κ3) is 2.28. The first-order valence-electron chi connectivity index (χ1n) is 4.49. The summed E-state index contributed by atoms with van der Waals surface area (Å²) in [5, 5.41) is 12.2.